The van der Waals surface area contributed by atoms with E-state index in [-0.39, 0.29) is 17.9 Å². The number of carbonyl (C=O) groups is 1. The summed E-state index contributed by atoms with van der Waals surface area (Å²) in [5.41, 5.74) is 2.60. The number of benzene rings is 1. The van der Waals surface area contributed by atoms with Gasteiger partial charge < -0.3 is 15.4 Å². The number of H-pyrrole nitrogens is 1. The lowest BCUT2D eigenvalue weighted by Crippen LogP contribution is -2.28. The minimum atomic E-state index is -0.710. The molecule has 3 N–H and O–H groups in total. The van der Waals surface area contributed by atoms with Crippen LogP contribution in [0.2, 0.25) is 0 Å². The number of aromatic amines is 1. The smallest absolute Gasteiger partial charge is 0.267 e. The Hall–Kier alpha value is -2.07. The highest BCUT2D eigenvalue weighted by Crippen LogP contribution is 2.23. The highest BCUT2D eigenvalue weighted by atomic mass is 16.3. The molecule has 1 atom stereocenters. The van der Waals surface area contributed by atoms with Crippen molar-refractivity contribution in [2.24, 2.45) is 0 Å². The molecule has 112 valence electrons. The second-order valence-electron chi connectivity index (χ2n) is 6.18. The molecule has 4 nitrogen and oxygen atoms in total. The maximum atomic E-state index is 11.8. The molecule has 0 saturated carbocycles. The van der Waals surface area contributed by atoms with E-state index < -0.39 is 6.10 Å². The monoisotopic (exact) mass is 286 g/mol. The second-order valence-corrected chi connectivity index (χ2v) is 6.18. The summed E-state index contributed by atoms with van der Waals surface area (Å²) in [7, 11) is 0. The number of amides is 1. The molecule has 1 aromatic heterocycles. The van der Waals surface area contributed by atoms with Crippen molar-refractivity contribution in [3.05, 3.63) is 59.4 Å². The summed E-state index contributed by atoms with van der Waals surface area (Å²) in [6, 6.07) is 11.3. The van der Waals surface area contributed by atoms with E-state index in [0.29, 0.717) is 5.69 Å². The third-order valence-electron chi connectivity index (χ3n) is 3.46. The predicted octanol–water partition coefficient (Wildman–Crippen LogP) is 2.78. The third kappa shape index (κ3) is 3.95. The van der Waals surface area contributed by atoms with E-state index >= 15 is 0 Å². The van der Waals surface area contributed by atoms with E-state index in [1.54, 1.807) is 18.3 Å². The lowest BCUT2D eigenvalue weighted by Gasteiger charge is -2.20. The van der Waals surface area contributed by atoms with Crippen molar-refractivity contribution in [1.82, 2.24) is 10.3 Å². The molecule has 0 saturated heterocycles. The first-order valence-electron chi connectivity index (χ1n) is 7.08. The van der Waals surface area contributed by atoms with Crippen LogP contribution >= 0.6 is 0 Å². The van der Waals surface area contributed by atoms with E-state index in [4.69, 9.17) is 0 Å². The fourth-order valence-corrected chi connectivity index (χ4v) is 2.08. The van der Waals surface area contributed by atoms with Gasteiger partial charge in [-0.05, 0) is 28.7 Å². The SMILES string of the molecule is CC(C)(C)c1ccc([C@@H](O)CNC(=O)c2ccc[nH]2)cc1. The summed E-state index contributed by atoms with van der Waals surface area (Å²) < 4.78 is 0. The van der Waals surface area contributed by atoms with Crippen LogP contribution in [0.3, 0.4) is 0 Å². The zero-order valence-electron chi connectivity index (χ0n) is 12.7. The van der Waals surface area contributed by atoms with Crippen LogP contribution in [0.1, 0.15) is 48.5 Å². The first-order chi connectivity index (χ1) is 9.88. The largest absolute Gasteiger partial charge is 0.387 e. The molecule has 0 spiro atoms. The second kappa shape index (κ2) is 6.14. The Morgan fingerprint density at radius 1 is 1.24 bits per heavy atom. The van der Waals surface area contributed by atoms with Crippen molar-refractivity contribution in [3.8, 4) is 0 Å². The Morgan fingerprint density at radius 3 is 2.43 bits per heavy atom. The molecular formula is C17H22N2O2. The molecule has 21 heavy (non-hydrogen) atoms. The van der Waals surface area contributed by atoms with Crippen LogP contribution in [0.5, 0.6) is 0 Å². The number of hydrogen-bond donors (Lipinski definition) is 3. The Bertz CT molecular complexity index is 580. The highest BCUT2D eigenvalue weighted by molar-refractivity contribution is 5.92. The van der Waals surface area contributed by atoms with Gasteiger partial charge in [-0.15, -0.1) is 0 Å². The van der Waals surface area contributed by atoms with Gasteiger partial charge in [0.1, 0.15) is 5.69 Å². The number of rotatable bonds is 4. The first kappa shape index (κ1) is 15.3. The quantitative estimate of drug-likeness (QED) is 0.809. The molecule has 2 rings (SSSR count). The summed E-state index contributed by atoms with van der Waals surface area (Å²) in [5, 5.41) is 12.8. The molecule has 0 aliphatic heterocycles. The van der Waals surface area contributed by atoms with Crippen molar-refractivity contribution in [2.75, 3.05) is 6.54 Å². The maximum absolute atomic E-state index is 11.8. The summed E-state index contributed by atoms with van der Waals surface area (Å²) in [5.74, 6) is -0.217. The minimum absolute atomic E-state index is 0.0886. The van der Waals surface area contributed by atoms with Crippen molar-refractivity contribution in [2.45, 2.75) is 32.3 Å². The van der Waals surface area contributed by atoms with Gasteiger partial charge >= 0.3 is 0 Å². The molecule has 2 aromatic rings. The number of aliphatic hydroxyl groups excluding tert-OH is 1. The van der Waals surface area contributed by atoms with Gasteiger partial charge in [-0.1, -0.05) is 45.0 Å². The van der Waals surface area contributed by atoms with Crippen molar-refractivity contribution < 1.29 is 9.90 Å². The summed E-state index contributed by atoms with van der Waals surface area (Å²) in [6.07, 6.45) is 0.981. The Morgan fingerprint density at radius 2 is 1.90 bits per heavy atom. The first-order valence-corrected chi connectivity index (χ1v) is 7.08. The number of carbonyl (C=O) groups excluding carboxylic acids is 1. The average molecular weight is 286 g/mol. The van der Waals surface area contributed by atoms with Crippen LogP contribution in [0.15, 0.2) is 42.6 Å². The number of aliphatic hydroxyl groups is 1. The van der Waals surface area contributed by atoms with Gasteiger partial charge in [-0.3, -0.25) is 4.79 Å². The molecule has 0 aliphatic rings. The van der Waals surface area contributed by atoms with Gasteiger partial charge in [0.25, 0.3) is 5.91 Å². The number of aromatic nitrogens is 1. The standard InChI is InChI=1S/C17H22N2O2/c1-17(2,3)13-8-6-12(7-9-13)15(20)11-19-16(21)14-5-4-10-18-14/h4-10,15,18,20H,11H2,1-3H3,(H,19,21)/t15-/m0/s1. The molecule has 0 radical (unpaired) electrons. The molecule has 0 unspecified atom stereocenters. The minimum Gasteiger partial charge on any atom is -0.387 e. The van der Waals surface area contributed by atoms with Crippen LogP contribution in [0, 0.1) is 0 Å². The molecular weight excluding hydrogens is 264 g/mol. The molecule has 1 amide bonds. The van der Waals surface area contributed by atoms with E-state index in [2.05, 4.69) is 31.1 Å². The zero-order chi connectivity index (χ0) is 15.5. The Balaban J connectivity index is 1.94. The van der Waals surface area contributed by atoms with Gasteiger partial charge in [-0.2, -0.15) is 0 Å². The van der Waals surface area contributed by atoms with Crippen molar-refractivity contribution in [1.29, 1.82) is 0 Å². The highest BCUT2D eigenvalue weighted by Gasteiger charge is 2.15. The van der Waals surface area contributed by atoms with Gasteiger partial charge in [0.05, 0.1) is 6.10 Å². The lowest BCUT2D eigenvalue weighted by atomic mass is 9.86. The molecule has 4 heteroatoms. The fraction of sp³-hybridized carbons (Fsp3) is 0.353. The normalized spacial score (nSPS) is 13.0. The summed E-state index contributed by atoms with van der Waals surface area (Å²) in [6.45, 7) is 6.63. The van der Waals surface area contributed by atoms with Crippen molar-refractivity contribution >= 4 is 5.91 Å². The third-order valence-corrected chi connectivity index (χ3v) is 3.46. The fourth-order valence-electron chi connectivity index (χ4n) is 2.08. The van der Waals surface area contributed by atoms with E-state index in [1.807, 2.05) is 24.3 Å². The van der Waals surface area contributed by atoms with Crippen LogP contribution in [-0.4, -0.2) is 22.5 Å². The van der Waals surface area contributed by atoms with E-state index in [1.165, 1.54) is 5.56 Å². The lowest BCUT2D eigenvalue weighted by molar-refractivity contribution is 0.0912. The molecule has 1 heterocycles. The van der Waals surface area contributed by atoms with E-state index in [0.717, 1.165) is 5.56 Å². The van der Waals surface area contributed by atoms with Crippen LogP contribution in [0.25, 0.3) is 0 Å². The number of hydrogen-bond acceptors (Lipinski definition) is 2. The Labute approximate surface area is 125 Å². The molecule has 1 aromatic carbocycles. The zero-order valence-corrected chi connectivity index (χ0v) is 12.7. The average Bonchev–Trinajstić information content (AvgIpc) is 2.98. The van der Waals surface area contributed by atoms with Gasteiger partial charge in [0.15, 0.2) is 0 Å². The van der Waals surface area contributed by atoms with Crippen LogP contribution in [-0.2, 0) is 5.41 Å². The number of nitrogens with one attached hydrogen (secondary N) is 2. The predicted molar refractivity (Wildman–Crippen MR) is 83.2 cm³/mol. The molecule has 0 bridgehead atoms. The summed E-state index contributed by atoms with van der Waals surface area (Å²) >= 11 is 0. The Kier molecular flexibility index (Phi) is 4.48. The van der Waals surface area contributed by atoms with E-state index in [9.17, 15) is 9.90 Å². The topological polar surface area (TPSA) is 65.1 Å². The molecule has 0 aliphatic carbocycles. The van der Waals surface area contributed by atoms with Crippen LogP contribution in [0.4, 0.5) is 0 Å². The maximum Gasteiger partial charge on any atom is 0.267 e. The van der Waals surface area contributed by atoms with Crippen molar-refractivity contribution in [3.63, 3.8) is 0 Å². The molecule has 0 fully saturated rings. The summed E-state index contributed by atoms with van der Waals surface area (Å²) in [4.78, 5) is 14.6. The van der Waals surface area contributed by atoms with Crippen LogP contribution < -0.4 is 5.32 Å². The van der Waals surface area contributed by atoms with Gasteiger partial charge in [0, 0.05) is 12.7 Å². The van der Waals surface area contributed by atoms with Gasteiger partial charge in [-0.25, -0.2) is 0 Å². The van der Waals surface area contributed by atoms with Gasteiger partial charge in [0.2, 0.25) is 0 Å².